The van der Waals surface area contributed by atoms with Gasteiger partial charge in [-0.2, -0.15) is 4.98 Å². The van der Waals surface area contributed by atoms with Gasteiger partial charge >= 0.3 is 6.03 Å². The Balaban J connectivity index is 1.76. The van der Waals surface area contributed by atoms with E-state index in [1.807, 2.05) is 50.2 Å². The van der Waals surface area contributed by atoms with Gasteiger partial charge in [-0.1, -0.05) is 18.2 Å². The third kappa shape index (κ3) is 3.56. The Morgan fingerprint density at radius 3 is 2.92 bits per heavy atom. The third-order valence-electron chi connectivity index (χ3n) is 3.74. The van der Waals surface area contributed by atoms with Crippen LogP contribution >= 0.6 is 0 Å². The molecular weight excluding hydrogens is 306 g/mol. The summed E-state index contributed by atoms with van der Waals surface area (Å²) >= 11 is 0. The summed E-state index contributed by atoms with van der Waals surface area (Å²) in [6, 6.07) is 9.32. The number of aromatic nitrogens is 2. The molecule has 0 radical (unpaired) electrons. The van der Waals surface area contributed by atoms with E-state index in [9.17, 15) is 4.79 Å². The summed E-state index contributed by atoms with van der Waals surface area (Å²) in [7, 11) is 3.78. The van der Waals surface area contributed by atoms with Gasteiger partial charge < -0.3 is 14.5 Å². The van der Waals surface area contributed by atoms with Crippen LogP contribution in [0.2, 0.25) is 0 Å². The molecule has 7 heteroatoms. The van der Waals surface area contributed by atoms with E-state index in [4.69, 9.17) is 4.74 Å². The van der Waals surface area contributed by atoms with Crippen LogP contribution in [0.15, 0.2) is 36.5 Å². The zero-order valence-corrected chi connectivity index (χ0v) is 14.1. The van der Waals surface area contributed by atoms with E-state index in [-0.39, 0.29) is 18.1 Å². The minimum atomic E-state index is -0.238. The second kappa shape index (κ2) is 6.74. The fourth-order valence-corrected chi connectivity index (χ4v) is 2.57. The number of nitrogens with one attached hydrogen (secondary N) is 1. The van der Waals surface area contributed by atoms with E-state index in [1.54, 1.807) is 17.2 Å². The molecule has 3 rings (SSSR count). The van der Waals surface area contributed by atoms with Crippen LogP contribution < -0.4 is 15.0 Å². The Morgan fingerprint density at radius 1 is 1.33 bits per heavy atom. The lowest BCUT2D eigenvalue weighted by atomic mass is 10.2. The highest BCUT2D eigenvalue weighted by Gasteiger charge is 2.24. The largest absolute Gasteiger partial charge is 0.489 e. The molecule has 0 spiro atoms. The first-order valence-electron chi connectivity index (χ1n) is 7.84. The summed E-state index contributed by atoms with van der Waals surface area (Å²) in [6.07, 6.45) is 1.54. The summed E-state index contributed by atoms with van der Waals surface area (Å²) in [6.45, 7) is 2.93. The van der Waals surface area contributed by atoms with Crippen molar-refractivity contribution in [3.05, 3.63) is 42.1 Å². The smallest absolute Gasteiger partial charge is 0.324 e. The first-order chi connectivity index (χ1) is 11.5. The molecule has 1 aliphatic rings. The molecule has 0 saturated carbocycles. The quantitative estimate of drug-likeness (QED) is 0.917. The molecule has 1 aliphatic heterocycles. The number of ether oxygens (including phenoxy) is 1. The van der Waals surface area contributed by atoms with Gasteiger partial charge in [0, 0.05) is 25.9 Å². The highest BCUT2D eigenvalue weighted by atomic mass is 16.5. The third-order valence-corrected chi connectivity index (χ3v) is 3.74. The molecule has 0 unspecified atom stereocenters. The van der Waals surface area contributed by atoms with Gasteiger partial charge in [-0.25, -0.2) is 9.78 Å². The average molecular weight is 327 g/mol. The zero-order chi connectivity index (χ0) is 17.1. The number of hydrogen-bond acceptors (Lipinski definition) is 5. The maximum absolute atomic E-state index is 12.6. The number of nitrogens with zero attached hydrogens (tertiary/aromatic N) is 4. The van der Waals surface area contributed by atoms with Gasteiger partial charge in [0.2, 0.25) is 5.95 Å². The second-order valence-electron chi connectivity index (χ2n) is 5.98. The Kier molecular flexibility index (Phi) is 4.50. The Labute approximate surface area is 141 Å². The van der Waals surface area contributed by atoms with Crippen molar-refractivity contribution in [3.63, 3.8) is 0 Å². The predicted octanol–water partition coefficient (Wildman–Crippen LogP) is 2.36. The van der Waals surface area contributed by atoms with E-state index in [0.717, 1.165) is 17.1 Å². The van der Waals surface area contributed by atoms with E-state index in [2.05, 4.69) is 15.3 Å². The zero-order valence-electron chi connectivity index (χ0n) is 14.1. The molecule has 0 saturated heterocycles. The number of anilines is 2. The number of fused-ring (bicyclic) bond motifs is 1. The standard InChI is InChI=1S/C17H21N5O2/c1-12-10-22(11-13-6-4-5-7-14(13)24-12)17(23)20-16-18-9-8-15(19-16)21(2)3/h4-9,12H,10-11H2,1-3H3,(H,18,19,20,23)/t12-/m1/s1. The predicted molar refractivity (Wildman–Crippen MR) is 92.3 cm³/mol. The van der Waals surface area contributed by atoms with E-state index >= 15 is 0 Å². The van der Waals surface area contributed by atoms with Gasteiger partial charge in [-0.15, -0.1) is 0 Å². The number of amides is 2. The van der Waals surface area contributed by atoms with Gasteiger partial charge in [0.15, 0.2) is 0 Å². The van der Waals surface area contributed by atoms with Gasteiger partial charge in [0.05, 0.1) is 13.1 Å². The summed E-state index contributed by atoms with van der Waals surface area (Å²) in [4.78, 5) is 24.6. The van der Waals surface area contributed by atoms with Crippen LogP contribution in [0.4, 0.5) is 16.6 Å². The molecule has 24 heavy (non-hydrogen) atoms. The van der Waals surface area contributed by atoms with Crippen molar-refractivity contribution in [1.29, 1.82) is 0 Å². The summed E-state index contributed by atoms with van der Waals surface area (Å²) in [5.41, 5.74) is 0.986. The number of carbonyl (C=O) groups excluding carboxylic acids is 1. The lowest BCUT2D eigenvalue weighted by molar-refractivity contribution is 0.166. The molecule has 1 aromatic carbocycles. The topological polar surface area (TPSA) is 70.6 Å². The van der Waals surface area contributed by atoms with Crippen LogP contribution in [-0.4, -0.2) is 47.6 Å². The van der Waals surface area contributed by atoms with Gasteiger partial charge in [-0.05, 0) is 19.1 Å². The highest BCUT2D eigenvalue weighted by Crippen LogP contribution is 2.25. The summed E-state index contributed by atoms with van der Waals surface area (Å²) < 4.78 is 5.88. The molecule has 2 amide bonds. The number of benzene rings is 1. The first kappa shape index (κ1) is 16.0. The van der Waals surface area contributed by atoms with Crippen molar-refractivity contribution in [2.75, 3.05) is 30.9 Å². The molecule has 126 valence electrons. The first-order valence-corrected chi connectivity index (χ1v) is 7.84. The number of carbonyl (C=O) groups is 1. The van der Waals surface area contributed by atoms with Gasteiger partial charge in [-0.3, -0.25) is 5.32 Å². The van der Waals surface area contributed by atoms with Crippen LogP contribution in [-0.2, 0) is 6.54 Å². The molecule has 1 atom stereocenters. The molecule has 2 aromatic rings. The maximum Gasteiger partial charge on any atom is 0.324 e. The SMILES string of the molecule is C[C@@H]1CN(C(=O)Nc2nccc(N(C)C)n2)Cc2ccccc2O1. The van der Waals surface area contributed by atoms with Gasteiger partial charge in [0.1, 0.15) is 17.7 Å². The molecular formula is C17H21N5O2. The Hall–Kier alpha value is -2.83. The number of para-hydroxylation sites is 1. The molecule has 0 aliphatic carbocycles. The van der Waals surface area contributed by atoms with Crippen LogP contribution in [0, 0.1) is 0 Å². The van der Waals surface area contributed by atoms with Crippen LogP contribution in [0.3, 0.4) is 0 Å². The lowest BCUT2D eigenvalue weighted by Gasteiger charge is -2.22. The maximum atomic E-state index is 12.6. The van der Waals surface area contributed by atoms with Crippen molar-refractivity contribution in [1.82, 2.24) is 14.9 Å². The lowest BCUT2D eigenvalue weighted by Crippen LogP contribution is -2.39. The fraction of sp³-hybridized carbons (Fsp3) is 0.353. The number of rotatable bonds is 2. The molecule has 0 bridgehead atoms. The number of urea groups is 1. The van der Waals surface area contributed by atoms with E-state index in [0.29, 0.717) is 13.1 Å². The summed E-state index contributed by atoms with van der Waals surface area (Å²) in [5, 5.41) is 2.77. The Morgan fingerprint density at radius 2 is 2.12 bits per heavy atom. The van der Waals surface area contributed by atoms with Crippen molar-refractivity contribution >= 4 is 17.8 Å². The minimum absolute atomic E-state index is 0.0894. The van der Waals surface area contributed by atoms with Crippen LogP contribution in [0.25, 0.3) is 0 Å². The molecule has 0 fully saturated rings. The second-order valence-corrected chi connectivity index (χ2v) is 5.98. The molecule has 1 aromatic heterocycles. The normalized spacial score (nSPS) is 16.6. The average Bonchev–Trinajstić information content (AvgIpc) is 2.73. The summed E-state index contributed by atoms with van der Waals surface area (Å²) in [5.74, 6) is 1.85. The van der Waals surface area contributed by atoms with Crippen molar-refractivity contribution < 1.29 is 9.53 Å². The van der Waals surface area contributed by atoms with E-state index in [1.165, 1.54) is 0 Å². The number of hydrogen-bond donors (Lipinski definition) is 1. The highest BCUT2D eigenvalue weighted by molar-refractivity contribution is 5.87. The van der Waals surface area contributed by atoms with Crippen LogP contribution in [0.5, 0.6) is 5.75 Å². The molecule has 7 nitrogen and oxygen atoms in total. The fourth-order valence-electron chi connectivity index (χ4n) is 2.57. The van der Waals surface area contributed by atoms with Gasteiger partial charge in [0.25, 0.3) is 0 Å². The Bertz CT molecular complexity index is 734. The van der Waals surface area contributed by atoms with Crippen molar-refractivity contribution in [3.8, 4) is 5.75 Å². The molecule has 1 N–H and O–H groups in total. The van der Waals surface area contributed by atoms with E-state index < -0.39 is 0 Å². The van der Waals surface area contributed by atoms with Crippen molar-refractivity contribution in [2.45, 2.75) is 19.6 Å². The monoisotopic (exact) mass is 327 g/mol. The van der Waals surface area contributed by atoms with Crippen LogP contribution in [0.1, 0.15) is 12.5 Å². The van der Waals surface area contributed by atoms with Crippen molar-refractivity contribution in [2.24, 2.45) is 0 Å². The minimum Gasteiger partial charge on any atom is -0.489 e. The molecule has 2 heterocycles.